The van der Waals surface area contributed by atoms with Crippen LogP contribution in [-0.2, 0) is 21.4 Å². The maximum Gasteiger partial charge on any atom is 0.422 e. The van der Waals surface area contributed by atoms with Gasteiger partial charge >= 0.3 is 16.3 Å². The highest BCUT2D eigenvalue weighted by Gasteiger charge is 2.19. The molecule has 0 radical (unpaired) electrons. The van der Waals surface area contributed by atoms with Gasteiger partial charge in [-0.15, -0.1) is 0 Å². The largest absolute Gasteiger partial charge is 0.492 e. The summed E-state index contributed by atoms with van der Waals surface area (Å²) in [5, 5.41) is 2.38. The van der Waals surface area contributed by atoms with E-state index in [0.717, 1.165) is 17.7 Å². The van der Waals surface area contributed by atoms with Crippen LogP contribution in [0.2, 0.25) is 0 Å². The van der Waals surface area contributed by atoms with Crippen LogP contribution in [0.15, 0.2) is 66.7 Å². The van der Waals surface area contributed by atoms with Gasteiger partial charge in [0.05, 0.1) is 18.9 Å². The Kier molecular flexibility index (Phi) is 8.79. The van der Waals surface area contributed by atoms with E-state index in [1.807, 2.05) is 30.3 Å². The Morgan fingerprint density at radius 1 is 0.944 bits per heavy atom. The molecule has 0 saturated heterocycles. The van der Waals surface area contributed by atoms with Crippen LogP contribution in [0.1, 0.15) is 22.8 Å². The second kappa shape index (κ2) is 12.0. The van der Waals surface area contributed by atoms with Crippen molar-refractivity contribution < 1.29 is 36.3 Å². The lowest BCUT2D eigenvalue weighted by atomic mass is 10.1. The molecule has 0 atom stereocenters. The second-order valence-corrected chi connectivity index (χ2v) is 8.72. The minimum atomic E-state index is -4.46. The highest BCUT2D eigenvalue weighted by molar-refractivity contribution is 7.91. The molecule has 36 heavy (non-hydrogen) atoms. The van der Waals surface area contributed by atoms with Crippen molar-refractivity contribution in [3.63, 3.8) is 0 Å². The van der Waals surface area contributed by atoms with Crippen molar-refractivity contribution in [3.8, 4) is 5.75 Å². The van der Waals surface area contributed by atoms with E-state index in [-0.39, 0.29) is 35.9 Å². The molecule has 0 saturated carbocycles. The first-order chi connectivity index (χ1) is 17.2. The number of benzene rings is 3. The fourth-order valence-corrected chi connectivity index (χ4v) is 3.80. The number of nitrogens with one attached hydrogen (secondary N) is 3. The van der Waals surface area contributed by atoms with Gasteiger partial charge in [-0.25, -0.2) is 18.3 Å². The van der Waals surface area contributed by atoms with Gasteiger partial charge in [-0.2, -0.15) is 8.42 Å². The van der Waals surface area contributed by atoms with Crippen molar-refractivity contribution in [2.75, 3.05) is 23.3 Å². The zero-order valence-electron chi connectivity index (χ0n) is 19.1. The SMILES string of the molecule is CCOc1ccc(C(=O)Nc2ccc(F)c(F)c2)cc1NS(=O)(=O)NC(=O)OCCc1ccccc1. The molecule has 3 aromatic rings. The smallest absolute Gasteiger partial charge is 0.422 e. The molecule has 0 aliphatic heterocycles. The molecule has 3 N–H and O–H groups in total. The van der Waals surface area contributed by atoms with E-state index >= 15 is 0 Å². The average Bonchev–Trinajstić information content (AvgIpc) is 2.82. The fraction of sp³-hybridized carbons (Fsp3) is 0.167. The number of hydrogen-bond donors (Lipinski definition) is 3. The van der Waals surface area contributed by atoms with Crippen molar-refractivity contribution >= 4 is 33.6 Å². The molecule has 0 unspecified atom stereocenters. The maximum atomic E-state index is 13.4. The van der Waals surface area contributed by atoms with Gasteiger partial charge in [0.1, 0.15) is 5.75 Å². The van der Waals surface area contributed by atoms with E-state index in [2.05, 4.69) is 10.0 Å². The number of hydrogen-bond acceptors (Lipinski definition) is 6. The Bertz CT molecular complexity index is 1340. The predicted octanol–water partition coefficient (Wildman–Crippen LogP) is 4.24. The average molecular weight is 520 g/mol. The van der Waals surface area contributed by atoms with Crippen LogP contribution in [-0.4, -0.2) is 33.6 Å². The molecule has 0 bridgehead atoms. The normalized spacial score (nSPS) is 10.9. The molecule has 0 heterocycles. The molecule has 0 aromatic heterocycles. The Balaban J connectivity index is 1.67. The molecule has 0 aliphatic carbocycles. The molecule has 3 rings (SSSR count). The van der Waals surface area contributed by atoms with Gasteiger partial charge in [-0.05, 0) is 42.8 Å². The molecule has 190 valence electrons. The van der Waals surface area contributed by atoms with Gasteiger partial charge in [0.15, 0.2) is 11.6 Å². The standard InChI is InChI=1S/C24H23F2N3O6S/c1-2-34-22-11-8-17(23(30)27-18-9-10-19(25)20(26)15-18)14-21(22)28-36(32,33)29-24(31)35-13-12-16-6-4-3-5-7-16/h3-11,14-15,28H,2,12-13H2,1H3,(H,27,30)(H,29,31). The van der Waals surface area contributed by atoms with Gasteiger partial charge in [0, 0.05) is 23.7 Å². The van der Waals surface area contributed by atoms with Crippen LogP contribution in [0, 0.1) is 11.6 Å². The second-order valence-electron chi connectivity index (χ2n) is 7.31. The third-order valence-electron chi connectivity index (χ3n) is 4.65. The molecule has 9 nitrogen and oxygen atoms in total. The molecular weight excluding hydrogens is 496 g/mol. The monoisotopic (exact) mass is 519 g/mol. The summed E-state index contributed by atoms with van der Waals surface area (Å²) in [6.45, 7) is 1.81. The van der Waals surface area contributed by atoms with E-state index < -0.39 is 33.8 Å². The Hall–Kier alpha value is -4.19. The fourth-order valence-electron chi connectivity index (χ4n) is 3.03. The van der Waals surface area contributed by atoms with E-state index in [9.17, 15) is 26.8 Å². The summed E-state index contributed by atoms with van der Waals surface area (Å²) in [4.78, 5) is 24.5. The van der Waals surface area contributed by atoms with Gasteiger partial charge in [0.2, 0.25) is 0 Å². The molecule has 12 heteroatoms. The third-order valence-corrected chi connectivity index (χ3v) is 5.57. The van der Waals surface area contributed by atoms with Gasteiger partial charge in [-0.1, -0.05) is 30.3 Å². The van der Waals surface area contributed by atoms with Crippen LogP contribution >= 0.6 is 0 Å². The summed E-state index contributed by atoms with van der Waals surface area (Å²) in [6, 6.07) is 15.9. The zero-order valence-corrected chi connectivity index (χ0v) is 19.9. The molecule has 0 spiro atoms. The number of anilines is 2. The zero-order chi connectivity index (χ0) is 26.1. The quantitative estimate of drug-likeness (QED) is 0.368. The van der Waals surface area contributed by atoms with Crippen LogP contribution in [0.5, 0.6) is 5.75 Å². The highest BCUT2D eigenvalue weighted by Crippen LogP contribution is 2.27. The van der Waals surface area contributed by atoms with E-state index in [4.69, 9.17) is 9.47 Å². The maximum absolute atomic E-state index is 13.4. The van der Waals surface area contributed by atoms with Gasteiger partial charge in [0.25, 0.3) is 5.91 Å². The summed E-state index contributed by atoms with van der Waals surface area (Å²) in [7, 11) is -4.46. The Morgan fingerprint density at radius 2 is 1.69 bits per heavy atom. The first-order valence-corrected chi connectivity index (χ1v) is 12.2. The molecule has 2 amide bonds. The summed E-state index contributed by atoms with van der Waals surface area (Å²) in [5.74, 6) is -2.85. The van der Waals surface area contributed by atoms with Crippen LogP contribution in [0.3, 0.4) is 0 Å². The number of rotatable bonds is 10. The third kappa shape index (κ3) is 7.67. The van der Waals surface area contributed by atoms with Crippen molar-refractivity contribution in [1.82, 2.24) is 4.72 Å². The topological polar surface area (TPSA) is 123 Å². The lowest BCUT2D eigenvalue weighted by Gasteiger charge is -2.15. The summed E-state index contributed by atoms with van der Waals surface area (Å²) in [6.07, 6.45) is -0.797. The van der Waals surface area contributed by atoms with Crippen molar-refractivity contribution in [1.29, 1.82) is 0 Å². The summed E-state index contributed by atoms with van der Waals surface area (Å²) < 4.78 is 65.7. The first kappa shape index (κ1) is 26.4. The van der Waals surface area contributed by atoms with Crippen LogP contribution in [0.4, 0.5) is 25.0 Å². The lowest BCUT2D eigenvalue weighted by molar-refractivity contribution is 0.102. The number of carbonyl (C=O) groups excluding carboxylic acids is 2. The molecule has 3 aromatic carbocycles. The van der Waals surface area contributed by atoms with Crippen molar-refractivity contribution in [3.05, 3.63) is 89.5 Å². The van der Waals surface area contributed by atoms with E-state index in [0.29, 0.717) is 6.42 Å². The summed E-state index contributed by atoms with van der Waals surface area (Å²) >= 11 is 0. The number of amides is 2. The van der Waals surface area contributed by atoms with Crippen molar-refractivity contribution in [2.45, 2.75) is 13.3 Å². The first-order valence-electron chi connectivity index (χ1n) is 10.7. The summed E-state index contributed by atoms with van der Waals surface area (Å²) in [5.41, 5.74) is 0.742. The number of carbonyl (C=O) groups is 2. The van der Waals surface area contributed by atoms with Gasteiger partial charge in [-0.3, -0.25) is 9.52 Å². The highest BCUT2D eigenvalue weighted by atomic mass is 32.2. The Labute approximate surface area is 206 Å². The van der Waals surface area contributed by atoms with Gasteiger partial charge < -0.3 is 14.8 Å². The van der Waals surface area contributed by atoms with Crippen LogP contribution in [0.25, 0.3) is 0 Å². The minimum absolute atomic E-state index is 0.00479. The molecular formula is C24H23F2N3O6S. The lowest BCUT2D eigenvalue weighted by Crippen LogP contribution is -2.36. The van der Waals surface area contributed by atoms with E-state index in [1.165, 1.54) is 24.3 Å². The predicted molar refractivity (Wildman–Crippen MR) is 129 cm³/mol. The van der Waals surface area contributed by atoms with Crippen molar-refractivity contribution in [2.24, 2.45) is 0 Å². The van der Waals surface area contributed by atoms with Crippen LogP contribution < -0.4 is 19.5 Å². The number of ether oxygens (including phenoxy) is 2. The number of halogens is 2. The molecule has 0 fully saturated rings. The Morgan fingerprint density at radius 3 is 2.39 bits per heavy atom. The van der Waals surface area contributed by atoms with E-state index in [1.54, 1.807) is 11.6 Å². The minimum Gasteiger partial charge on any atom is -0.492 e. The molecule has 0 aliphatic rings.